The molecular weight excluding hydrogens is 466 g/mol. The lowest BCUT2D eigenvalue weighted by Crippen LogP contribution is -2.01. The standard InChI is InChI=1S/C33H21N5/c1-3-8-23(9-4-1)31-36-32(24-10-5-2-6-11-24)38-33(37-31)29-18-15-22-13-14-26(21-30(22)35-29)25-16-17-28-27(20-25)12-7-19-34-28/h1-21H. The minimum Gasteiger partial charge on any atom is -0.256 e. The summed E-state index contributed by atoms with van der Waals surface area (Å²) in [5, 5.41) is 2.17. The molecule has 0 fully saturated rings. The van der Waals surface area contributed by atoms with Gasteiger partial charge in [-0.15, -0.1) is 0 Å². The smallest absolute Gasteiger partial charge is 0.182 e. The lowest BCUT2D eigenvalue weighted by Gasteiger charge is -2.09. The van der Waals surface area contributed by atoms with E-state index in [1.54, 1.807) is 0 Å². The average Bonchev–Trinajstić information content (AvgIpc) is 3.01. The van der Waals surface area contributed by atoms with Crippen molar-refractivity contribution in [1.82, 2.24) is 24.9 Å². The molecule has 0 radical (unpaired) electrons. The van der Waals surface area contributed by atoms with Crippen molar-refractivity contribution in [3.63, 3.8) is 0 Å². The molecule has 0 bridgehead atoms. The third-order valence-corrected chi connectivity index (χ3v) is 6.56. The zero-order valence-corrected chi connectivity index (χ0v) is 20.4. The molecule has 0 N–H and O–H groups in total. The highest BCUT2D eigenvalue weighted by Crippen LogP contribution is 2.29. The predicted molar refractivity (Wildman–Crippen MR) is 152 cm³/mol. The summed E-state index contributed by atoms with van der Waals surface area (Å²) in [5.74, 6) is 1.78. The van der Waals surface area contributed by atoms with Crippen molar-refractivity contribution in [2.24, 2.45) is 0 Å². The van der Waals surface area contributed by atoms with E-state index in [4.69, 9.17) is 19.9 Å². The van der Waals surface area contributed by atoms with Crippen LogP contribution in [0.5, 0.6) is 0 Å². The normalized spacial score (nSPS) is 11.2. The van der Waals surface area contributed by atoms with Crippen molar-refractivity contribution in [2.45, 2.75) is 0 Å². The Morgan fingerprint density at radius 3 is 1.74 bits per heavy atom. The van der Waals surface area contributed by atoms with E-state index in [1.165, 1.54) is 0 Å². The van der Waals surface area contributed by atoms with Gasteiger partial charge in [0, 0.05) is 28.1 Å². The van der Waals surface area contributed by atoms with Gasteiger partial charge in [0.15, 0.2) is 17.5 Å². The van der Waals surface area contributed by atoms with E-state index in [9.17, 15) is 0 Å². The van der Waals surface area contributed by atoms with E-state index in [2.05, 4.69) is 53.5 Å². The number of benzene rings is 4. The van der Waals surface area contributed by atoms with Gasteiger partial charge in [-0.25, -0.2) is 19.9 Å². The highest BCUT2D eigenvalue weighted by Gasteiger charge is 2.13. The number of hydrogen-bond donors (Lipinski definition) is 0. The topological polar surface area (TPSA) is 64.5 Å². The quantitative estimate of drug-likeness (QED) is 0.255. The maximum absolute atomic E-state index is 5.00. The van der Waals surface area contributed by atoms with Gasteiger partial charge in [0.1, 0.15) is 5.69 Å². The Morgan fingerprint density at radius 2 is 1.00 bits per heavy atom. The largest absolute Gasteiger partial charge is 0.256 e. The molecule has 7 rings (SSSR count). The molecule has 3 heterocycles. The number of aromatic nitrogens is 5. The fourth-order valence-electron chi connectivity index (χ4n) is 4.60. The van der Waals surface area contributed by atoms with Crippen LogP contribution >= 0.6 is 0 Å². The summed E-state index contributed by atoms with van der Waals surface area (Å²) in [4.78, 5) is 23.9. The molecule has 0 aliphatic carbocycles. The van der Waals surface area contributed by atoms with Gasteiger partial charge >= 0.3 is 0 Å². The van der Waals surface area contributed by atoms with Crippen LogP contribution in [0.3, 0.4) is 0 Å². The Kier molecular flexibility index (Phi) is 5.37. The molecule has 0 aliphatic heterocycles. The Morgan fingerprint density at radius 1 is 0.368 bits per heavy atom. The second-order valence-electron chi connectivity index (χ2n) is 9.05. The van der Waals surface area contributed by atoms with Gasteiger partial charge in [-0.2, -0.15) is 0 Å². The molecule has 178 valence electrons. The molecule has 3 aromatic heterocycles. The molecule has 5 heteroatoms. The van der Waals surface area contributed by atoms with Crippen LogP contribution in [0.2, 0.25) is 0 Å². The predicted octanol–water partition coefficient (Wildman–Crippen LogP) is 7.64. The maximum atomic E-state index is 5.00. The molecule has 0 saturated carbocycles. The highest BCUT2D eigenvalue weighted by atomic mass is 15.0. The van der Waals surface area contributed by atoms with Crippen molar-refractivity contribution in [2.75, 3.05) is 0 Å². The Balaban J connectivity index is 1.35. The summed E-state index contributed by atoms with van der Waals surface area (Å²) >= 11 is 0. The molecule has 0 atom stereocenters. The first-order chi connectivity index (χ1) is 18.8. The lowest BCUT2D eigenvalue weighted by molar-refractivity contribution is 1.06. The molecule has 0 unspecified atom stereocenters. The van der Waals surface area contributed by atoms with Crippen molar-refractivity contribution >= 4 is 21.8 Å². The SMILES string of the molecule is c1ccc(-c2nc(-c3ccccc3)nc(-c3ccc4ccc(-c5ccc6ncccc6c5)cc4n3)n2)cc1. The summed E-state index contributed by atoms with van der Waals surface area (Å²) < 4.78 is 0. The van der Waals surface area contributed by atoms with Crippen LogP contribution in [0.15, 0.2) is 128 Å². The van der Waals surface area contributed by atoms with E-state index in [-0.39, 0.29) is 0 Å². The second kappa shape index (κ2) is 9.30. The molecule has 4 aromatic carbocycles. The summed E-state index contributed by atoms with van der Waals surface area (Å²) in [7, 11) is 0. The number of pyridine rings is 2. The number of fused-ring (bicyclic) bond motifs is 2. The van der Waals surface area contributed by atoms with Gasteiger partial charge in [-0.05, 0) is 41.5 Å². The van der Waals surface area contributed by atoms with Gasteiger partial charge in [0.2, 0.25) is 0 Å². The Bertz CT molecular complexity index is 1860. The van der Waals surface area contributed by atoms with E-state index >= 15 is 0 Å². The van der Waals surface area contributed by atoms with E-state index in [0.29, 0.717) is 23.2 Å². The minimum absolute atomic E-state index is 0.543. The van der Waals surface area contributed by atoms with Crippen molar-refractivity contribution in [3.8, 4) is 45.4 Å². The van der Waals surface area contributed by atoms with Gasteiger partial charge in [0.25, 0.3) is 0 Å². The molecule has 0 amide bonds. The minimum atomic E-state index is 0.543. The van der Waals surface area contributed by atoms with E-state index in [0.717, 1.165) is 44.1 Å². The van der Waals surface area contributed by atoms with E-state index in [1.807, 2.05) is 79.0 Å². The average molecular weight is 488 g/mol. The molecule has 7 aromatic rings. The molecule has 0 saturated heterocycles. The summed E-state index contributed by atoms with van der Waals surface area (Å²) in [6, 6.07) is 40.7. The fourth-order valence-corrected chi connectivity index (χ4v) is 4.60. The first-order valence-corrected chi connectivity index (χ1v) is 12.4. The first kappa shape index (κ1) is 21.9. The van der Waals surface area contributed by atoms with Crippen LogP contribution in [0, 0.1) is 0 Å². The zero-order valence-electron chi connectivity index (χ0n) is 20.4. The van der Waals surface area contributed by atoms with Crippen LogP contribution in [0.4, 0.5) is 0 Å². The van der Waals surface area contributed by atoms with Crippen molar-refractivity contribution in [3.05, 3.63) is 128 Å². The number of nitrogens with zero attached hydrogens (tertiary/aromatic N) is 5. The molecular formula is C33H21N5. The fraction of sp³-hybridized carbons (Fsp3) is 0. The second-order valence-corrected chi connectivity index (χ2v) is 9.05. The van der Waals surface area contributed by atoms with Crippen molar-refractivity contribution in [1.29, 1.82) is 0 Å². The molecule has 0 aliphatic rings. The zero-order chi connectivity index (χ0) is 25.3. The van der Waals surface area contributed by atoms with Crippen LogP contribution in [-0.2, 0) is 0 Å². The van der Waals surface area contributed by atoms with Gasteiger partial charge in [-0.1, -0.05) is 91.0 Å². The Hall–Kier alpha value is -5.29. The van der Waals surface area contributed by atoms with E-state index < -0.39 is 0 Å². The van der Waals surface area contributed by atoms with Crippen LogP contribution in [0.1, 0.15) is 0 Å². The third-order valence-electron chi connectivity index (χ3n) is 6.56. The van der Waals surface area contributed by atoms with Gasteiger partial charge in [0.05, 0.1) is 11.0 Å². The van der Waals surface area contributed by atoms with Crippen LogP contribution in [0.25, 0.3) is 67.2 Å². The van der Waals surface area contributed by atoms with Crippen LogP contribution < -0.4 is 0 Å². The summed E-state index contributed by atoms with van der Waals surface area (Å²) in [6.45, 7) is 0. The molecule has 0 spiro atoms. The number of rotatable bonds is 4. The number of hydrogen-bond acceptors (Lipinski definition) is 5. The van der Waals surface area contributed by atoms with Crippen LogP contribution in [-0.4, -0.2) is 24.9 Å². The Labute approximate surface area is 219 Å². The van der Waals surface area contributed by atoms with Crippen molar-refractivity contribution < 1.29 is 0 Å². The third kappa shape index (κ3) is 4.16. The highest BCUT2D eigenvalue weighted by molar-refractivity contribution is 5.89. The summed E-state index contributed by atoms with van der Waals surface area (Å²) in [6.07, 6.45) is 1.82. The maximum Gasteiger partial charge on any atom is 0.182 e. The van der Waals surface area contributed by atoms with Gasteiger partial charge < -0.3 is 0 Å². The monoisotopic (exact) mass is 487 g/mol. The summed E-state index contributed by atoms with van der Waals surface area (Å²) in [5.41, 5.74) is 6.65. The van der Waals surface area contributed by atoms with Gasteiger partial charge in [-0.3, -0.25) is 4.98 Å². The molecule has 38 heavy (non-hydrogen) atoms. The lowest BCUT2D eigenvalue weighted by atomic mass is 10.0. The molecule has 5 nitrogen and oxygen atoms in total. The first-order valence-electron chi connectivity index (χ1n) is 12.4.